The molecule has 3 aromatic carbocycles. The summed E-state index contributed by atoms with van der Waals surface area (Å²) >= 11 is 5.90. The van der Waals surface area contributed by atoms with Gasteiger partial charge in [-0.2, -0.15) is 0 Å². The highest BCUT2D eigenvalue weighted by Gasteiger charge is 2.31. The van der Waals surface area contributed by atoms with Crippen LogP contribution in [0, 0.1) is 5.49 Å². The molecule has 0 saturated carbocycles. The predicted molar refractivity (Wildman–Crippen MR) is 103 cm³/mol. The van der Waals surface area contributed by atoms with Gasteiger partial charge in [0.1, 0.15) is 0 Å². The first-order valence-corrected chi connectivity index (χ1v) is 11.6. The molecule has 0 bridgehead atoms. The van der Waals surface area contributed by atoms with E-state index >= 15 is 0 Å². The van der Waals surface area contributed by atoms with Crippen LogP contribution in [0.2, 0.25) is 0 Å². The molecule has 0 spiro atoms. The molecule has 0 unspecified atom stereocenters. The molecule has 120 valence electrons. The molecular formula is C19H15O2PS2. The molecule has 0 fully saturated rings. The third kappa shape index (κ3) is 3.51. The van der Waals surface area contributed by atoms with Crippen LogP contribution in [0.1, 0.15) is 0 Å². The van der Waals surface area contributed by atoms with Crippen LogP contribution in [0.3, 0.4) is 0 Å². The van der Waals surface area contributed by atoms with Gasteiger partial charge in [0.2, 0.25) is 0 Å². The van der Waals surface area contributed by atoms with Crippen LogP contribution in [-0.4, -0.2) is 8.42 Å². The zero-order valence-corrected chi connectivity index (χ0v) is 15.3. The Labute approximate surface area is 148 Å². The standard InChI is InChI=1S/C19H15O2PS2/c20-24(21,19-14-8-3-9-15-19)16-22(23,17-10-4-1-5-11-17)18-12-6-2-7-13-18/h1-15H. The van der Waals surface area contributed by atoms with E-state index in [0.29, 0.717) is 0 Å². The van der Waals surface area contributed by atoms with Crippen LogP contribution in [0.15, 0.2) is 95.9 Å². The average Bonchev–Trinajstić information content (AvgIpc) is 2.63. The molecule has 0 aliphatic carbocycles. The molecule has 0 heterocycles. The van der Waals surface area contributed by atoms with Gasteiger partial charge in [-0.25, -0.2) is 8.42 Å². The highest BCUT2D eigenvalue weighted by Crippen LogP contribution is 2.50. The summed E-state index contributed by atoms with van der Waals surface area (Å²) in [4.78, 5) is 0.214. The van der Waals surface area contributed by atoms with Gasteiger partial charge in [0.05, 0.1) is 4.90 Å². The highest BCUT2D eigenvalue weighted by atomic mass is 32.4. The Morgan fingerprint density at radius 2 is 1.04 bits per heavy atom. The molecule has 0 aromatic heterocycles. The maximum absolute atomic E-state index is 12.8. The van der Waals surface area contributed by atoms with E-state index in [0.717, 1.165) is 10.6 Å². The monoisotopic (exact) mass is 370 g/mol. The summed E-state index contributed by atoms with van der Waals surface area (Å²) in [5, 5.41) is 1.62. The molecule has 0 amide bonds. The normalized spacial score (nSPS) is 12.0. The van der Waals surface area contributed by atoms with Crippen molar-refractivity contribution in [3.63, 3.8) is 0 Å². The third-order valence-electron chi connectivity index (χ3n) is 3.54. The van der Waals surface area contributed by atoms with E-state index < -0.39 is 15.9 Å². The summed E-state index contributed by atoms with van der Waals surface area (Å²) in [5.74, 6) is 0. The van der Waals surface area contributed by atoms with E-state index in [1.165, 1.54) is 0 Å². The zero-order chi connectivity index (χ0) is 17.0. The largest absolute Gasteiger partial charge is 0.223 e. The lowest BCUT2D eigenvalue weighted by molar-refractivity contribution is 0.603. The van der Waals surface area contributed by atoms with Crippen LogP contribution < -0.4 is 10.6 Å². The van der Waals surface area contributed by atoms with Crippen LogP contribution in [0.5, 0.6) is 0 Å². The lowest BCUT2D eigenvalue weighted by Gasteiger charge is -2.22. The summed E-state index contributed by atoms with van der Waals surface area (Å²) in [6, 6.07) is 24.4. The summed E-state index contributed by atoms with van der Waals surface area (Å²) in [5.41, 5.74) is 2.82. The molecule has 0 atom stereocenters. The van der Waals surface area contributed by atoms with Gasteiger partial charge in [-0.05, 0) is 22.7 Å². The first kappa shape index (κ1) is 17.1. The molecule has 2 nitrogen and oxygen atoms in total. The van der Waals surface area contributed by atoms with Crippen LogP contribution >= 0.6 is 6.04 Å². The lowest BCUT2D eigenvalue weighted by atomic mass is 10.4. The van der Waals surface area contributed by atoms with Crippen molar-refractivity contribution >= 4 is 38.3 Å². The number of sulfone groups is 1. The van der Waals surface area contributed by atoms with Crippen molar-refractivity contribution in [1.82, 2.24) is 0 Å². The molecule has 3 aromatic rings. The van der Waals surface area contributed by atoms with E-state index in [-0.39, 0.29) is 4.90 Å². The number of benzene rings is 3. The summed E-state index contributed by atoms with van der Waals surface area (Å²) < 4.78 is 25.7. The van der Waals surface area contributed by atoms with Crippen molar-refractivity contribution in [2.75, 3.05) is 0 Å². The maximum atomic E-state index is 12.8. The minimum atomic E-state index is -3.72. The van der Waals surface area contributed by atoms with Gasteiger partial charge >= 0.3 is 0 Å². The van der Waals surface area contributed by atoms with Gasteiger partial charge in [0, 0.05) is 6.04 Å². The Hall–Kier alpha value is -1.74. The van der Waals surface area contributed by atoms with Crippen molar-refractivity contribution in [2.45, 2.75) is 4.90 Å². The molecular weight excluding hydrogens is 355 g/mol. The number of hydrogen-bond donors (Lipinski definition) is 0. The third-order valence-corrected chi connectivity index (χ3v) is 10.4. The maximum Gasteiger partial charge on any atom is 0.193 e. The van der Waals surface area contributed by atoms with Gasteiger partial charge < -0.3 is 0 Å². The van der Waals surface area contributed by atoms with Gasteiger partial charge in [0.15, 0.2) is 15.3 Å². The molecule has 3 rings (SSSR count). The molecule has 5 heteroatoms. The van der Waals surface area contributed by atoms with Gasteiger partial charge in [-0.15, -0.1) is 0 Å². The second-order valence-corrected chi connectivity index (χ2v) is 11.3. The van der Waals surface area contributed by atoms with Crippen molar-refractivity contribution in [2.24, 2.45) is 0 Å². The summed E-state index contributed by atoms with van der Waals surface area (Å²) in [6.07, 6.45) is 0. The van der Waals surface area contributed by atoms with Gasteiger partial charge in [-0.1, -0.05) is 90.7 Å². The topological polar surface area (TPSA) is 34.1 Å². The summed E-state index contributed by atoms with van der Waals surface area (Å²) in [7, 11) is -3.72. The highest BCUT2D eigenvalue weighted by molar-refractivity contribution is 8.28. The van der Waals surface area contributed by atoms with Crippen LogP contribution in [0.4, 0.5) is 0 Å². The molecule has 0 aliphatic rings. The predicted octanol–water partition coefficient (Wildman–Crippen LogP) is 3.59. The fourth-order valence-corrected chi connectivity index (χ4v) is 8.58. The smallest absolute Gasteiger partial charge is 0.193 e. The fraction of sp³-hybridized carbons (Fsp3) is 0. The van der Waals surface area contributed by atoms with E-state index in [2.05, 4.69) is 5.49 Å². The summed E-state index contributed by atoms with van der Waals surface area (Å²) in [6.45, 7) is 0. The van der Waals surface area contributed by atoms with E-state index in [9.17, 15) is 8.42 Å². The van der Waals surface area contributed by atoms with Crippen LogP contribution in [-0.2, 0) is 21.6 Å². The minimum Gasteiger partial charge on any atom is -0.223 e. The fourth-order valence-electron chi connectivity index (χ4n) is 2.35. The lowest BCUT2D eigenvalue weighted by Crippen LogP contribution is -2.19. The van der Waals surface area contributed by atoms with Crippen molar-refractivity contribution in [3.05, 3.63) is 96.5 Å². The van der Waals surface area contributed by atoms with Crippen molar-refractivity contribution < 1.29 is 8.42 Å². The van der Waals surface area contributed by atoms with Gasteiger partial charge in [0.25, 0.3) is 0 Å². The second kappa shape index (κ2) is 7.02. The van der Waals surface area contributed by atoms with Gasteiger partial charge in [-0.3, -0.25) is 0 Å². The van der Waals surface area contributed by atoms with E-state index in [4.69, 9.17) is 11.8 Å². The first-order chi connectivity index (χ1) is 11.5. The zero-order valence-electron chi connectivity index (χ0n) is 12.7. The van der Waals surface area contributed by atoms with E-state index in [1.54, 1.807) is 30.3 Å². The van der Waals surface area contributed by atoms with Crippen molar-refractivity contribution in [1.29, 1.82) is 0 Å². The second-order valence-electron chi connectivity index (χ2n) is 5.19. The molecule has 0 saturated heterocycles. The SMILES string of the molecule is O=S(=O)([C]P(=S)(c1ccccc1)c1ccccc1)c1ccccc1. The van der Waals surface area contributed by atoms with Crippen LogP contribution in [0.25, 0.3) is 0 Å². The Balaban J connectivity index is 2.12. The first-order valence-electron chi connectivity index (χ1n) is 7.33. The minimum absolute atomic E-state index is 0.214. The average molecular weight is 370 g/mol. The Morgan fingerprint density at radius 1 is 0.667 bits per heavy atom. The van der Waals surface area contributed by atoms with E-state index in [1.807, 2.05) is 60.7 Å². The quantitative estimate of drug-likeness (QED) is 0.644. The number of hydrogen-bond acceptors (Lipinski definition) is 3. The Morgan fingerprint density at radius 3 is 1.46 bits per heavy atom. The molecule has 24 heavy (non-hydrogen) atoms. The molecule has 2 radical (unpaired) electrons. The molecule has 0 N–H and O–H groups in total. The Kier molecular flexibility index (Phi) is 5.00. The Bertz CT molecular complexity index is 911. The van der Waals surface area contributed by atoms with Crippen molar-refractivity contribution in [3.8, 4) is 0 Å². The molecule has 0 aliphatic heterocycles. The number of rotatable bonds is 5.